The van der Waals surface area contributed by atoms with Gasteiger partial charge in [0.05, 0.1) is 12.5 Å². The minimum absolute atomic E-state index is 0.549. The molecule has 0 N–H and O–H groups in total. The van der Waals surface area contributed by atoms with Crippen molar-refractivity contribution in [2.24, 2.45) is 0 Å². The molecule has 29 heavy (non-hydrogen) atoms. The van der Waals surface area contributed by atoms with Gasteiger partial charge in [-0.3, -0.25) is 0 Å². The van der Waals surface area contributed by atoms with E-state index in [1.54, 1.807) is 0 Å². The van der Waals surface area contributed by atoms with Gasteiger partial charge in [0.25, 0.3) is 0 Å². The normalized spacial score (nSPS) is 11.8. The van der Waals surface area contributed by atoms with Crippen molar-refractivity contribution >= 4 is 36.4 Å². The molecule has 0 saturated carbocycles. The predicted molar refractivity (Wildman–Crippen MR) is 133 cm³/mol. The highest BCUT2D eigenvalue weighted by Crippen LogP contribution is 2.56. The van der Waals surface area contributed by atoms with E-state index in [1.807, 2.05) is 0 Å². The molecule has 4 rings (SSSR count). The van der Waals surface area contributed by atoms with Gasteiger partial charge < -0.3 is 0 Å². The van der Waals surface area contributed by atoms with Crippen molar-refractivity contribution in [3.8, 4) is 0 Å². The standard InChI is InChI=1S/C27H25P2/c1-29(26-18-10-4-11-19-26,27-20-12-5-13-21-27)23-22-28(24-14-6-2-7-15-24)25-16-8-3-9-17-25/h2-23H,1H3/q+1/b23-22+. The van der Waals surface area contributed by atoms with Crippen molar-refractivity contribution in [3.63, 3.8) is 0 Å². The molecule has 2 heteroatoms. The summed E-state index contributed by atoms with van der Waals surface area (Å²) >= 11 is 0. The Labute approximate surface area is 176 Å². The summed E-state index contributed by atoms with van der Waals surface area (Å²) in [4.78, 5) is 0. The molecule has 0 spiro atoms. The van der Waals surface area contributed by atoms with Crippen LogP contribution in [0.3, 0.4) is 0 Å². The van der Waals surface area contributed by atoms with E-state index in [4.69, 9.17) is 0 Å². The molecule has 142 valence electrons. The Hall–Kier alpha value is -2.52. The number of hydrogen-bond acceptors (Lipinski definition) is 0. The maximum absolute atomic E-state index is 2.52. The first-order chi connectivity index (χ1) is 14.3. The first-order valence-corrected chi connectivity index (χ1v) is 13.6. The lowest BCUT2D eigenvalue weighted by Crippen LogP contribution is -2.19. The summed E-state index contributed by atoms with van der Waals surface area (Å²) in [5, 5.41) is 5.60. The van der Waals surface area contributed by atoms with Crippen molar-refractivity contribution < 1.29 is 0 Å². The summed E-state index contributed by atoms with van der Waals surface area (Å²) in [6.07, 6.45) is 0. The van der Waals surface area contributed by atoms with Gasteiger partial charge in [0.15, 0.2) is 0 Å². The summed E-state index contributed by atoms with van der Waals surface area (Å²) in [7, 11) is -2.18. The highest BCUT2D eigenvalue weighted by molar-refractivity contribution is 7.92. The Bertz CT molecular complexity index is 964. The van der Waals surface area contributed by atoms with Crippen LogP contribution in [0.2, 0.25) is 0 Å². The van der Waals surface area contributed by atoms with E-state index in [1.165, 1.54) is 21.2 Å². The van der Waals surface area contributed by atoms with E-state index in [-0.39, 0.29) is 0 Å². The molecule has 0 nitrogen and oxygen atoms in total. The fourth-order valence-electron chi connectivity index (χ4n) is 3.49. The Morgan fingerprint density at radius 3 is 1.24 bits per heavy atom. The smallest absolute Gasteiger partial charge is 0.0622 e. The SMILES string of the molecule is C[P+](/C=C/P(c1ccccc1)c1ccccc1)(c1ccccc1)c1ccccc1. The molecule has 0 radical (unpaired) electrons. The molecule has 0 aliphatic rings. The summed E-state index contributed by atoms with van der Waals surface area (Å²) < 4.78 is 0. The van der Waals surface area contributed by atoms with Crippen LogP contribution in [-0.4, -0.2) is 6.66 Å². The van der Waals surface area contributed by atoms with Crippen LogP contribution in [0.4, 0.5) is 0 Å². The first kappa shape index (κ1) is 19.8. The molecule has 0 bridgehead atoms. The van der Waals surface area contributed by atoms with E-state index in [0.29, 0.717) is 0 Å². The third-order valence-corrected chi connectivity index (χ3v) is 11.0. The van der Waals surface area contributed by atoms with Gasteiger partial charge in [0.2, 0.25) is 0 Å². The Balaban J connectivity index is 1.81. The molecule has 0 saturated heterocycles. The van der Waals surface area contributed by atoms with Gasteiger partial charge in [-0.25, -0.2) is 0 Å². The predicted octanol–water partition coefficient (Wildman–Crippen LogP) is 5.89. The molecule has 0 aromatic heterocycles. The van der Waals surface area contributed by atoms with Gasteiger partial charge in [-0.2, -0.15) is 0 Å². The van der Waals surface area contributed by atoms with Crippen LogP contribution in [0.5, 0.6) is 0 Å². The zero-order valence-electron chi connectivity index (χ0n) is 16.6. The zero-order valence-corrected chi connectivity index (χ0v) is 18.4. The number of hydrogen-bond donors (Lipinski definition) is 0. The van der Waals surface area contributed by atoms with E-state index in [0.717, 1.165) is 0 Å². The van der Waals surface area contributed by atoms with Crippen LogP contribution >= 0.6 is 15.2 Å². The van der Waals surface area contributed by atoms with Gasteiger partial charge in [0.1, 0.15) is 17.9 Å². The fourth-order valence-corrected chi connectivity index (χ4v) is 8.95. The maximum Gasteiger partial charge on any atom is 0.103 e. The van der Waals surface area contributed by atoms with Crippen LogP contribution < -0.4 is 21.2 Å². The van der Waals surface area contributed by atoms with E-state index in [2.05, 4.69) is 140 Å². The Kier molecular flexibility index (Phi) is 6.36. The third-order valence-electron chi connectivity index (χ3n) is 5.17. The molecule has 0 aliphatic heterocycles. The average Bonchev–Trinajstić information content (AvgIpc) is 2.81. The van der Waals surface area contributed by atoms with Gasteiger partial charge in [-0.05, 0) is 48.6 Å². The summed E-state index contributed by atoms with van der Waals surface area (Å²) in [6, 6.07) is 43.7. The minimum Gasteiger partial charge on any atom is -0.0622 e. The van der Waals surface area contributed by atoms with Crippen LogP contribution in [0, 0.1) is 0 Å². The fraction of sp³-hybridized carbons (Fsp3) is 0.0370. The lowest BCUT2D eigenvalue weighted by Gasteiger charge is -2.21. The van der Waals surface area contributed by atoms with Gasteiger partial charge >= 0.3 is 0 Å². The number of rotatable bonds is 6. The van der Waals surface area contributed by atoms with E-state index >= 15 is 0 Å². The van der Waals surface area contributed by atoms with Crippen molar-refractivity contribution in [1.29, 1.82) is 0 Å². The highest BCUT2D eigenvalue weighted by atomic mass is 31.2. The van der Waals surface area contributed by atoms with Gasteiger partial charge in [-0.1, -0.05) is 97.1 Å². The molecule has 0 fully saturated rings. The molecule has 0 atom stereocenters. The number of benzene rings is 4. The van der Waals surface area contributed by atoms with Crippen molar-refractivity contribution in [2.45, 2.75) is 0 Å². The topological polar surface area (TPSA) is 0 Å². The molecular weight excluding hydrogens is 386 g/mol. The van der Waals surface area contributed by atoms with E-state index in [9.17, 15) is 0 Å². The van der Waals surface area contributed by atoms with Crippen molar-refractivity contribution in [1.82, 2.24) is 0 Å². The summed E-state index contributed by atoms with van der Waals surface area (Å²) in [6.45, 7) is 2.43. The molecule has 0 amide bonds. The largest absolute Gasteiger partial charge is 0.103 e. The van der Waals surface area contributed by atoms with Gasteiger partial charge in [-0.15, -0.1) is 0 Å². The quantitative estimate of drug-likeness (QED) is 0.347. The molecule has 0 heterocycles. The zero-order chi connectivity index (χ0) is 19.9. The minimum atomic E-state index is -1.63. The molecule has 4 aromatic carbocycles. The third kappa shape index (κ3) is 4.56. The molecule has 0 unspecified atom stereocenters. The molecular formula is C27H25P2+. The Morgan fingerprint density at radius 2 is 0.862 bits per heavy atom. The molecule has 0 aliphatic carbocycles. The second-order valence-electron chi connectivity index (χ2n) is 7.09. The first-order valence-electron chi connectivity index (χ1n) is 9.83. The lowest BCUT2D eigenvalue weighted by molar-refractivity contribution is 1.74. The second-order valence-corrected chi connectivity index (χ2v) is 12.6. The van der Waals surface area contributed by atoms with Crippen molar-refractivity contribution in [2.75, 3.05) is 6.66 Å². The summed E-state index contributed by atoms with van der Waals surface area (Å²) in [5.41, 5.74) is 0. The average molecular weight is 411 g/mol. The van der Waals surface area contributed by atoms with Gasteiger partial charge in [0, 0.05) is 0 Å². The monoisotopic (exact) mass is 411 g/mol. The summed E-state index contributed by atoms with van der Waals surface area (Å²) in [5.74, 6) is 5.00. The molecule has 4 aromatic rings. The van der Waals surface area contributed by atoms with E-state index < -0.39 is 15.2 Å². The van der Waals surface area contributed by atoms with Crippen LogP contribution in [0.15, 0.2) is 133 Å². The van der Waals surface area contributed by atoms with Crippen LogP contribution in [-0.2, 0) is 0 Å². The Morgan fingerprint density at radius 1 is 0.517 bits per heavy atom. The lowest BCUT2D eigenvalue weighted by atomic mass is 10.4. The van der Waals surface area contributed by atoms with Crippen molar-refractivity contribution in [3.05, 3.63) is 133 Å². The van der Waals surface area contributed by atoms with Crippen LogP contribution in [0.25, 0.3) is 0 Å². The maximum atomic E-state index is 2.52. The van der Waals surface area contributed by atoms with Crippen LogP contribution in [0.1, 0.15) is 0 Å². The second kappa shape index (κ2) is 9.32. The highest BCUT2D eigenvalue weighted by Gasteiger charge is 2.35.